The fourth-order valence-electron chi connectivity index (χ4n) is 2.02. The van der Waals surface area contributed by atoms with Crippen LogP contribution in [0, 0.1) is 6.92 Å². The quantitative estimate of drug-likeness (QED) is 0.641. The molecule has 120 valence electrons. The third kappa shape index (κ3) is 4.10. The SMILES string of the molecule is COc1cc(Br)c(C=NNC(=O)c2ccccc2C)cc1OC. The van der Waals surface area contributed by atoms with Gasteiger partial charge in [0.2, 0.25) is 0 Å². The monoisotopic (exact) mass is 376 g/mol. The minimum atomic E-state index is -0.254. The van der Waals surface area contributed by atoms with E-state index in [4.69, 9.17) is 9.47 Å². The van der Waals surface area contributed by atoms with E-state index >= 15 is 0 Å². The maximum atomic E-state index is 12.1. The Kier molecular flexibility index (Phi) is 5.76. The van der Waals surface area contributed by atoms with Gasteiger partial charge in [0.1, 0.15) is 0 Å². The van der Waals surface area contributed by atoms with Gasteiger partial charge in [-0.3, -0.25) is 4.79 Å². The van der Waals surface area contributed by atoms with Crippen molar-refractivity contribution in [2.45, 2.75) is 6.92 Å². The molecule has 0 aromatic heterocycles. The van der Waals surface area contributed by atoms with Gasteiger partial charge in [0.15, 0.2) is 11.5 Å². The van der Waals surface area contributed by atoms with Crippen LogP contribution in [-0.2, 0) is 0 Å². The van der Waals surface area contributed by atoms with Crippen LogP contribution in [0.3, 0.4) is 0 Å². The van der Waals surface area contributed by atoms with Gasteiger partial charge in [-0.25, -0.2) is 5.43 Å². The maximum absolute atomic E-state index is 12.1. The number of methoxy groups -OCH3 is 2. The summed E-state index contributed by atoms with van der Waals surface area (Å²) in [5, 5.41) is 4.00. The molecule has 0 bridgehead atoms. The zero-order valence-electron chi connectivity index (χ0n) is 13.1. The standard InChI is InChI=1S/C17H17BrN2O3/c1-11-6-4-5-7-13(11)17(21)20-19-10-12-8-15(22-2)16(23-3)9-14(12)18/h4-10H,1-3H3,(H,20,21). The number of ether oxygens (including phenoxy) is 2. The molecule has 0 saturated heterocycles. The number of halogens is 1. The predicted octanol–water partition coefficient (Wildman–Crippen LogP) is 3.54. The number of aryl methyl sites for hydroxylation is 1. The number of benzene rings is 2. The predicted molar refractivity (Wildman–Crippen MR) is 93.5 cm³/mol. The summed E-state index contributed by atoms with van der Waals surface area (Å²) in [6.45, 7) is 1.88. The first kappa shape index (κ1) is 17.0. The number of hydrogen-bond donors (Lipinski definition) is 1. The Morgan fingerprint density at radius 1 is 1.17 bits per heavy atom. The molecule has 0 radical (unpaired) electrons. The summed E-state index contributed by atoms with van der Waals surface area (Å²) in [5.41, 5.74) is 4.77. The summed E-state index contributed by atoms with van der Waals surface area (Å²) in [6.07, 6.45) is 1.54. The van der Waals surface area contributed by atoms with Crippen molar-refractivity contribution in [2.24, 2.45) is 5.10 Å². The first-order valence-electron chi connectivity index (χ1n) is 6.87. The van der Waals surface area contributed by atoms with E-state index in [1.165, 1.54) is 0 Å². The van der Waals surface area contributed by atoms with E-state index < -0.39 is 0 Å². The van der Waals surface area contributed by atoms with Crippen molar-refractivity contribution < 1.29 is 14.3 Å². The van der Waals surface area contributed by atoms with Gasteiger partial charge >= 0.3 is 0 Å². The Bertz CT molecular complexity index is 745. The molecule has 0 atom stereocenters. The number of carbonyl (C=O) groups is 1. The Labute approximate surface area is 143 Å². The zero-order valence-corrected chi connectivity index (χ0v) is 14.7. The molecular weight excluding hydrogens is 360 g/mol. The highest BCUT2D eigenvalue weighted by molar-refractivity contribution is 9.10. The highest BCUT2D eigenvalue weighted by Crippen LogP contribution is 2.32. The summed E-state index contributed by atoms with van der Waals surface area (Å²) in [7, 11) is 3.13. The minimum absolute atomic E-state index is 0.254. The lowest BCUT2D eigenvalue weighted by Gasteiger charge is -2.09. The third-order valence-electron chi connectivity index (χ3n) is 3.26. The van der Waals surface area contributed by atoms with Crippen molar-refractivity contribution >= 4 is 28.1 Å². The number of rotatable bonds is 5. The first-order valence-corrected chi connectivity index (χ1v) is 7.66. The summed E-state index contributed by atoms with van der Waals surface area (Å²) >= 11 is 3.44. The van der Waals surface area contributed by atoms with Crippen LogP contribution in [0.4, 0.5) is 0 Å². The first-order chi connectivity index (χ1) is 11.1. The van der Waals surface area contributed by atoms with Crippen molar-refractivity contribution in [3.05, 3.63) is 57.6 Å². The second-order valence-electron chi connectivity index (χ2n) is 4.74. The van der Waals surface area contributed by atoms with Crippen molar-refractivity contribution in [1.29, 1.82) is 0 Å². The number of hydrogen-bond acceptors (Lipinski definition) is 4. The van der Waals surface area contributed by atoms with Gasteiger partial charge in [0.25, 0.3) is 5.91 Å². The molecule has 0 fully saturated rings. The van der Waals surface area contributed by atoms with Gasteiger partial charge in [-0.2, -0.15) is 5.10 Å². The molecule has 1 N–H and O–H groups in total. The molecule has 0 spiro atoms. The maximum Gasteiger partial charge on any atom is 0.271 e. The number of nitrogens with zero attached hydrogens (tertiary/aromatic N) is 1. The molecule has 5 nitrogen and oxygen atoms in total. The Morgan fingerprint density at radius 2 is 1.83 bits per heavy atom. The highest BCUT2D eigenvalue weighted by Gasteiger charge is 2.09. The zero-order chi connectivity index (χ0) is 16.8. The van der Waals surface area contributed by atoms with Gasteiger partial charge in [0, 0.05) is 15.6 Å². The molecule has 2 aromatic carbocycles. The van der Waals surface area contributed by atoms with E-state index in [0.717, 1.165) is 15.6 Å². The van der Waals surface area contributed by atoms with Crippen molar-refractivity contribution in [3.63, 3.8) is 0 Å². The topological polar surface area (TPSA) is 59.9 Å². The van der Waals surface area contributed by atoms with Crippen LogP contribution in [-0.4, -0.2) is 26.3 Å². The smallest absolute Gasteiger partial charge is 0.271 e. The van der Waals surface area contributed by atoms with E-state index in [-0.39, 0.29) is 5.91 Å². The molecule has 23 heavy (non-hydrogen) atoms. The number of hydrazone groups is 1. The largest absolute Gasteiger partial charge is 0.493 e. The van der Waals surface area contributed by atoms with Crippen LogP contribution in [0.2, 0.25) is 0 Å². The summed E-state index contributed by atoms with van der Waals surface area (Å²) in [4.78, 5) is 12.1. The van der Waals surface area contributed by atoms with Crippen LogP contribution in [0.25, 0.3) is 0 Å². The van der Waals surface area contributed by atoms with Crippen LogP contribution < -0.4 is 14.9 Å². The molecule has 2 aromatic rings. The highest BCUT2D eigenvalue weighted by atomic mass is 79.9. The lowest BCUT2D eigenvalue weighted by atomic mass is 10.1. The second-order valence-corrected chi connectivity index (χ2v) is 5.60. The second kappa shape index (κ2) is 7.78. The number of carbonyl (C=O) groups excluding carboxylic acids is 1. The fourth-order valence-corrected chi connectivity index (χ4v) is 2.44. The van der Waals surface area contributed by atoms with Gasteiger partial charge < -0.3 is 9.47 Å². The molecular formula is C17H17BrN2O3. The van der Waals surface area contributed by atoms with Crippen molar-refractivity contribution in [3.8, 4) is 11.5 Å². The van der Waals surface area contributed by atoms with E-state index in [9.17, 15) is 4.79 Å². The molecule has 0 aliphatic heterocycles. The Morgan fingerprint density at radius 3 is 2.48 bits per heavy atom. The van der Waals surface area contributed by atoms with Gasteiger partial charge in [-0.05, 0) is 46.6 Å². The molecule has 6 heteroatoms. The lowest BCUT2D eigenvalue weighted by molar-refractivity contribution is 0.0954. The summed E-state index contributed by atoms with van der Waals surface area (Å²) in [6, 6.07) is 10.9. The average Bonchev–Trinajstić information content (AvgIpc) is 2.56. The van der Waals surface area contributed by atoms with Gasteiger partial charge in [0.05, 0.1) is 20.4 Å². The molecule has 0 unspecified atom stereocenters. The molecule has 2 rings (SSSR count). The van der Waals surface area contributed by atoms with Crippen molar-refractivity contribution in [2.75, 3.05) is 14.2 Å². The molecule has 0 saturated carbocycles. The van der Waals surface area contributed by atoms with Crippen molar-refractivity contribution in [1.82, 2.24) is 5.43 Å². The minimum Gasteiger partial charge on any atom is -0.493 e. The number of nitrogens with one attached hydrogen (secondary N) is 1. The Balaban J connectivity index is 2.15. The van der Waals surface area contributed by atoms with Gasteiger partial charge in [-0.1, -0.05) is 18.2 Å². The van der Waals surface area contributed by atoms with E-state index in [1.54, 1.807) is 38.6 Å². The number of amides is 1. The third-order valence-corrected chi connectivity index (χ3v) is 3.95. The van der Waals surface area contributed by atoms with E-state index in [1.807, 2.05) is 25.1 Å². The van der Waals surface area contributed by atoms with Crippen LogP contribution in [0.15, 0.2) is 46.0 Å². The van der Waals surface area contributed by atoms with Gasteiger partial charge in [-0.15, -0.1) is 0 Å². The Hall–Kier alpha value is -2.34. The van der Waals surface area contributed by atoms with Crippen LogP contribution in [0.1, 0.15) is 21.5 Å². The fraction of sp³-hybridized carbons (Fsp3) is 0.176. The molecule has 1 amide bonds. The van der Waals surface area contributed by atoms with E-state index in [0.29, 0.717) is 17.1 Å². The molecule has 0 aliphatic carbocycles. The van der Waals surface area contributed by atoms with E-state index in [2.05, 4.69) is 26.5 Å². The summed E-state index contributed by atoms with van der Waals surface area (Å²) < 4.78 is 11.2. The normalized spacial score (nSPS) is 10.6. The molecule has 0 heterocycles. The van der Waals surface area contributed by atoms with Crippen LogP contribution in [0.5, 0.6) is 11.5 Å². The lowest BCUT2D eigenvalue weighted by Crippen LogP contribution is -2.18. The van der Waals surface area contributed by atoms with Crippen LogP contribution >= 0.6 is 15.9 Å². The molecule has 0 aliphatic rings. The average molecular weight is 377 g/mol. The summed E-state index contributed by atoms with van der Waals surface area (Å²) in [5.74, 6) is 0.943.